The summed E-state index contributed by atoms with van der Waals surface area (Å²) in [4.78, 5) is 16.2. The van der Waals surface area contributed by atoms with E-state index in [0.29, 0.717) is 6.54 Å². The van der Waals surface area contributed by atoms with Gasteiger partial charge >= 0.3 is 6.03 Å². The molecule has 0 fully saturated rings. The van der Waals surface area contributed by atoms with Crippen molar-refractivity contribution in [3.8, 4) is 5.69 Å². The van der Waals surface area contributed by atoms with E-state index in [2.05, 4.69) is 15.6 Å². The highest BCUT2D eigenvalue weighted by Crippen LogP contribution is 2.16. The van der Waals surface area contributed by atoms with Crippen LogP contribution in [0.3, 0.4) is 0 Å². The fourth-order valence-electron chi connectivity index (χ4n) is 2.64. The zero-order valence-corrected chi connectivity index (χ0v) is 14.7. The van der Waals surface area contributed by atoms with Gasteiger partial charge in [0.2, 0.25) is 0 Å². The van der Waals surface area contributed by atoms with Gasteiger partial charge in [0.25, 0.3) is 0 Å². The van der Waals surface area contributed by atoms with Crippen LogP contribution in [-0.2, 0) is 11.3 Å². The van der Waals surface area contributed by atoms with Gasteiger partial charge in [0.15, 0.2) is 0 Å². The number of aromatic nitrogens is 2. The van der Waals surface area contributed by atoms with Crippen molar-refractivity contribution in [3.05, 3.63) is 48.5 Å². The maximum Gasteiger partial charge on any atom is 0.315 e. The van der Waals surface area contributed by atoms with Crippen LogP contribution in [0, 0.1) is 0 Å². The summed E-state index contributed by atoms with van der Waals surface area (Å²) in [6, 6.07) is 7.75. The van der Waals surface area contributed by atoms with E-state index >= 15 is 0 Å². The summed E-state index contributed by atoms with van der Waals surface area (Å²) in [5.74, 6) is 0. The van der Waals surface area contributed by atoms with Crippen molar-refractivity contribution >= 4 is 6.03 Å². The molecule has 1 aromatic heterocycles. The van der Waals surface area contributed by atoms with Gasteiger partial charge in [0.1, 0.15) is 0 Å². The molecule has 0 aliphatic rings. The third kappa shape index (κ3) is 5.09. The summed E-state index contributed by atoms with van der Waals surface area (Å²) in [6.07, 6.45) is 6.10. The number of imidazole rings is 1. The molecule has 1 heterocycles. The molecule has 6 nitrogen and oxygen atoms in total. The largest absolute Gasteiger partial charge is 0.379 e. The number of urea groups is 1. The normalized spacial score (nSPS) is 12.7. The Morgan fingerprint density at radius 1 is 1.38 bits per heavy atom. The molecule has 0 aliphatic carbocycles. The second-order valence-corrected chi connectivity index (χ2v) is 6.49. The van der Waals surface area contributed by atoms with E-state index < -0.39 is 0 Å². The smallest absolute Gasteiger partial charge is 0.315 e. The Morgan fingerprint density at radius 2 is 2.12 bits per heavy atom. The number of ether oxygens (including phenoxy) is 1. The van der Waals surface area contributed by atoms with E-state index in [1.54, 1.807) is 19.6 Å². The lowest BCUT2D eigenvalue weighted by atomic mass is 10.00. The number of carbonyl (C=O) groups excluding carboxylic acids is 1. The molecule has 0 saturated carbocycles. The van der Waals surface area contributed by atoms with Gasteiger partial charge in [-0.3, -0.25) is 0 Å². The molecule has 2 amide bonds. The molecule has 0 aliphatic heterocycles. The first-order chi connectivity index (χ1) is 11.4. The molecule has 0 spiro atoms. The van der Waals surface area contributed by atoms with E-state index in [9.17, 15) is 4.79 Å². The van der Waals surface area contributed by atoms with Crippen LogP contribution in [0.2, 0.25) is 0 Å². The zero-order chi connectivity index (χ0) is 17.6. The van der Waals surface area contributed by atoms with E-state index in [1.807, 2.05) is 55.8 Å². The van der Waals surface area contributed by atoms with Crippen molar-refractivity contribution in [2.45, 2.75) is 45.4 Å². The van der Waals surface area contributed by atoms with Crippen LogP contribution in [0.15, 0.2) is 43.0 Å². The predicted molar refractivity (Wildman–Crippen MR) is 94.1 cm³/mol. The minimum absolute atomic E-state index is 0.0174. The number of hydrogen-bond donors (Lipinski definition) is 2. The third-order valence-electron chi connectivity index (χ3n) is 3.94. The number of methoxy groups -OCH3 is 1. The zero-order valence-electron chi connectivity index (χ0n) is 14.7. The standard InChI is InChI=1S/C18H26N4O2/c1-14(11-18(2,3)24-4)21-17(23)20-12-15-7-5-6-8-16(15)22-10-9-19-13-22/h5-10,13-14H,11-12H2,1-4H3,(H2,20,21,23). The minimum Gasteiger partial charge on any atom is -0.379 e. The first kappa shape index (κ1) is 18.0. The maximum absolute atomic E-state index is 12.1. The number of hydrogen-bond acceptors (Lipinski definition) is 3. The number of carbonyl (C=O) groups is 1. The summed E-state index contributed by atoms with van der Waals surface area (Å²) in [6.45, 7) is 6.43. The Hall–Kier alpha value is -2.34. The first-order valence-corrected chi connectivity index (χ1v) is 8.07. The average Bonchev–Trinajstić information content (AvgIpc) is 3.07. The number of para-hydroxylation sites is 1. The van der Waals surface area contributed by atoms with Crippen LogP contribution in [0.25, 0.3) is 5.69 Å². The Balaban J connectivity index is 1.91. The summed E-state index contributed by atoms with van der Waals surface area (Å²) in [5.41, 5.74) is 1.76. The molecule has 24 heavy (non-hydrogen) atoms. The SMILES string of the molecule is COC(C)(C)CC(C)NC(=O)NCc1ccccc1-n1ccnc1. The molecule has 0 bridgehead atoms. The lowest BCUT2D eigenvalue weighted by molar-refractivity contribution is 0.00950. The number of benzene rings is 1. The lowest BCUT2D eigenvalue weighted by Gasteiger charge is -2.27. The van der Waals surface area contributed by atoms with Crippen molar-refractivity contribution < 1.29 is 9.53 Å². The summed E-state index contributed by atoms with van der Waals surface area (Å²) in [5, 5.41) is 5.86. The van der Waals surface area contributed by atoms with Crippen molar-refractivity contribution in [2.75, 3.05) is 7.11 Å². The Morgan fingerprint density at radius 3 is 2.79 bits per heavy atom. The Bertz CT molecular complexity index is 653. The Labute approximate surface area is 143 Å². The van der Waals surface area contributed by atoms with Crippen LogP contribution in [0.4, 0.5) is 4.79 Å². The molecular weight excluding hydrogens is 304 g/mol. The van der Waals surface area contributed by atoms with Crippen LogP contribution in [-0.4, -0.2) is 34.3 Å². The van der Waals surface area contributed by atoms with Crippen molar-refractivity contribution in [1.29, 1.82) is 0 Å². The van der Waals surface area contributed by atoms with Gasteiger partial charge in [-0.15, -0.1) is 0 Å². The minimum atomic E-state index is -0.263. The monoisotopic (exact) mass is 330 g/mol. The average molecular weight is 330 g/mol. The number of nitrogens with zero attached hydrogens (tertiary/aromatic N) is 2. The van der Waals surface area contributed by atoms with Crippen LogP contribution >= 0.6 is 0 Å². The number of amides is 2. The first-order valence-electron chi connectivity index (χ1n) is 8.07. The Kier molecular flexibility index (Phi) is 5.98. The lowest BCUT2D eigenvalue weighted by Crippen LogP contribution is -2.43. The van der Waals surface area contributed by atoms with Gasteiger partial charge in [-0.2, -0.15) is 0 Å². The molecule has 2 aromatic rings. The van der Waals surface area contributed by atoms with E-state index in [-0.39, 0.29) is 17.7 Å². The summed E-state index contributed by atoms with van der Waals surface area (Å²) >= 11 is 0. The van der Waals surface area contributed by atoms with E-state index in [0.717, 1.165) is 17.7 Å². The molecular formula is C18H26N4O2. The van der Waals surface area contributed by atoms with E-state index in [1.165, 1.54) is 0 Å². The van der Waals surface area contributed by atoms with Crippen molar-refractivity contribution in [1.82, 2.24) is 20.2 Å². The molecule has 0 saturated heterocycles. The molecule has 1 aromatic carbocycles. The van der Waals surface area contributed by atoms with Gasteiger partial charge in [-0.25, -0.2) is 9.78 Å². The highest BCUT2D eigenvalue weighted by Gasteiger charge is 2.21. The molecule has 0 radical (unpaired) electrons. The van der Waals surface area contributed by atoms with Crippen LogP contribution in [0.1, 0.15) is 32.8 Å². The molecule has 1 unspecified atom stereocenters. The fourth-order valence-corrected chi connectivity index (χ4v) is 2.64. The summed E-state index contributed by atoms with van der Waals surface area (Å²) in [7, 11) is 1.68. The highest BCUT2D eigenvalue weighted by molar-refractivity contribution is 5.74. The van der Waals surface area contributed by atoms with Gasteiger partial charge in [0, 0.05) is 32.1 Å². The molecule has 6 heteroatoms. The topological polar surface area (TPSA) is 68.2 Å². The molecule has 2 rings (SSSR count). The second kappa shape index (κ2) is 7.97. The van der Waals surface area contributed by atoms with Gasteiger partial charge in [-0.05, 0) is 38.8 Å². The molecule has 2 N–H and O–H groups in total. The van der Waals surface area contributed by atoms with Crippen molar-refractivity contribution in [3.63, 3.8) is 0 Å². The molecule has 130 valence electrons. The van der Waals surface area contributed by atoms with Gasteiger partial charge in [-0.1, -0.05) is 18.2 Å². The highest BCUT2D eigenvalue weighted by atomic mass is 16.5. The second-order valence-electron chi connectivity index (χ2n) is 6.49. The van der Waals surface area contributed by atoms with Crippen LogP contribution < -0.4 is 10.6 Å². The molecule has 1 atom stereocenters. The predicted octanol–water partition coefficient (Wildman–Crippen LogP) is 2.88. The van der Waals surface area contributed by atoms with Gasteiger partial charge < -0.3 is 19.9 Å². The number of rotatable bonds is 7. The quantitative estimate of drug-likeness (QED) is 0.820. The van der Waals surface area contributed by atoms with Crippen molar-refractivity contribution in [2.24, 2.45) is 0 Å². The maximum atomic E-state index is 12.1. The third-order valence-corrected chi connectivity index (χ3v) is 3.94. The fraction of sp³-hybridized carbons (Fsp3) is 0.444. The summed E-state index contributed by atoms with van der Waals surface area (Å²) < 4.78 is 7.33. The van der Waals surface area contributed by atoms with Gasteiger partial charge in [0.05, 0.1) is 17.6 Å². The van der Waals surface area contributed by atoms with Crippen LogP contribution in [0.5, 0.6) is 0 Å². The number of nitrogens with one attached hydrogen (secondary N) is 2. The van der Waals surface area contributed by atoms with E-state index in [4.69, 9.17) is 4.74 Å².